The molecule has 1 fully saturated rings. The van der Waals surface area contributed by atoms with Crippen molar-refractivity contribution in [1.82, 2.24) is 10.2 Å². The molecule has 2 aromatic carbocycles. The molecule has 0 aromatic heterocycles. The largest absolute Gasteiger partial charge is 0.497 e. The summed E-state index contributed by atoms with van der Waals surface area (Å²) in [6.07, 6.45) is 1.89. The second kappa shape index (κ2) is 14.6. The van der Waals surface area contributed by atoms with E-state index in [1.807, 2.05) is 42.5 Å². The van der Waals surface area contributed by atoms with Gasteiger partial charge in [0, 0.05) is 31.1 Å². The molecule has 1 aliphatic heterocycles. The van der Waals surface area contributed by atoms with E-state index in [1.54, 1.807) is 38.0 Å². The molecule has 1 saturated heterocycles. The van der Waals surface area contributed by atoms with Crippen molar-refractivity contribution in [3.05, 3.63) is 65.7 Å². The first-order valence-corrected chi connectivity index (χ1v) is 13.9. The van der Waals surface area contributed by atoms with Crippen LogP contribution >= 0.6 is 11.8 Å². The molecule has 3 rings (SSSR count). The van der Waals surface area contributed by atoms with Gasteiger partial charge < -0.3 is 19.7 Å². The van der Waals surface area contributed by atoms with Crippen LogP contribution in [-0.4, -0.2) is 59.3 Å². The highest BCUT2D eigenvalue weighted by molar-refractivity contribution is 8.13. The SMILES string of the molecule is CCC(=O)SCC(C)C(=O)N1CCC[C@H]1C(=O)N[C@@H](Cc1ccccc1)C(=O)OCc1ccc(OC)cc1. The fraction of sp³-hybridized carbons (Fsp3) is 0.448. The summed E-state index contributed by atoms with van der Waals surface area (Å²) in [4.78, 5) is 52.8. The number of rotatable bonds is 12. The molecule has 0 bridgehead atoms. The molecule has 38 heavy (non-hydrogen) atoms. The molecule has 2 amide bonds. The third kappa shape index (κ3) is 8.34. The summed E-state index contributed by atoms with van der Waals surface area (Å²) in [7, 11) is 1.58. The first-order valence-electron chi connectivity index (χ1n) is 12.9. The number of methoxy groups -OCH3 is 1. The third-order valence-electron chi connectivity index (χ3n) is 6.47. The second-order valence-electron chi connectivity index (χ2n) is 9.33. The lowest BCUT2D eigenvalue weighted by Crippen LogP contribution is -2.52. The molecule has 3 atom stereocenters. The van der Waals surface area contributed by atoms with Gasteiger partial charge in [0.25, 0.3) is 0 Å². The molecule has 1 N–H and O–H groups in total. The standard InChI is InChI=1S/C29H36N2O6S/c1-4-26(32)38-19-20(2)28(34)31-16-8-11-25(31)27(33)30-24(17-21-9-6-5-7-10-21)29(35)37-18-22-12-14-23(36-3)15-13-22/h5-7,9-10,12-15,20,24-25H,4,8,11,16-19H2,1-3H3,(H,30,33)/t20?,24-,25-/m0/s1. The maximum Gasteiger partial charge on any atom is 0.329 e. The highest BCUT2D eigenvalue weighted by Crippen LogP contribution is 2.23. The zero-order valence-electron chi connectivity index (χ0n) is 22.2. The smallest absolute Gasteiger partial charge is 0.329 e. The lowest BCUT2D eigenvalue weighted by Gasteiger charge is -2.28. The number of carbonyl (C=O) groups is 4. The molecule has 204 valence electrons. The van der Waals surface area contributed by atoms with Gasteiger partial charge in [-0.25, -0.2) is 4.79 Å². The van der Waals surface area contributed by atoms with Gasteiger partial charge in [-0.1, -0.05) is 68.1 Å². The normalized spacial score (nSPS) is 16.4. The van der Waals surface area contributed by atoms with E-state index in [2.05, 4.69) is 5.32 Å². The van der Waals surface area contributed by atoms with E-state index in [-0.39, 0.29) is 30.0 Å². The molecule has 2 aromatic rings. The molecular formula is C29H36N2O6S. The van der Waals surface area contributed by atoms with Crippen molar-refractivity contribution >= 4 is 34.7 Å². The highest BCUT2D eigenvalue weighted by Gasteiger charge is 2.37. The Morgan fingerprint density at radius 3 is 2.42 bits per heavy atom. The van der Waals surface area contributed by atoms with Crippen LogP contribution in [0.15, 0.2) is 54.6 Å². The highest BCUT2D eigenvalue weighted by atomic mass is 32.2. The topological polar surface area (TPSA) is 102 Å². The van der Waals surface area contributed by atoms with Crippen molar-refractivity contribution < 1.29 is 28.7 Å². The summed E-state index contributed by atoms with van der Waals surface area (Å²) < 4.78 is 10.7. The van der Waals surface area contributed by atoms with Gasteiger partial charge in [0.05, 0.1) is 7.11 Å². The summed E-state index contributed by atoms with van der Waals surface area (Å²) in [5.74, 6) is -0.376. The molecule has 9 heteroatoms. The maximum atomic E-state index is 13.4. The van der Waals surface area contributed by atoms with Crippen molar-refractivity contribution in [2.45, 2.75) is 58.2 Å². The number of amides is 2. The van der Waals surface area contributed by atoms with Crippen molar-refractivity contribution in [2.75, 3.05) is 19.4 Å². The van der Waals surface area contributed by atoms with Crippen LogP contribution in [-0.2, 0) is 36.9 Å². The van der Waals surface area contributed by atoms with Gasteiger partial charge in [0.15, 0.2) is 5.12 Å². The van der Waals surface area contributed by atoms with Gasteiger partial charge in [-0.3, -0.25) is 14.4 Å². The number of hydrogen-bond donors (Lipinski definition) is 1. The van der Waals surface area contributed by atoms with Gasteiger partial charge in [0.2, 0.25) is 11.8 Å². The summed E-state index contributed by atoms with van der Waals surface area (Å²) >= 11 is 1.15. The van der Waals surface area contributed by atoms with Crippen LogP contribution in [0.5, 0.6) is 5.75 Å². The molecule has 8 nitrogen and oxygen atoms in total. The number of thioether (sulfide) groups is 1. The molecule has 0 aliphatic carbocycles. The number of benzene rings is 2. The van der Waals surface area contributed by atoms with Crippen LogP contribution in [0.3, 0.4) is 0 Å². The van der Waals surface area contributed by atoms with E-state index in [9.17, 15) is 19.2 Å². The predicted octanol–water partition coefficient (Wildman–Crippen LogP) is 3.76. The number of carbonyl (C=O) groups excluding carboxylic acids is 4. The first-order chi connectivity index (χ1) is 18.3. The Hall–Kier alpha value is -3.33. The molecule has 0 spiro atoms. The van der Waals surface area contributed by atoms with Crippen molar-refractivity contribution in [1.29, 1.82) is 0 Å². The Kier molecular flexibility index (Phi) is 11.2. The summed E-state index contributed by atoms with van der Waals surface area (Å²) in [6, 6.07) is 15.0. The van der Waals surface area contributed by atoms with E-state index >= 15 is 0 Å². The van der Waals surface area contributed by atoms with Gasteiger partial charge in [-0.15, -0.1) is 0 Å². The summed E-state index contributed by atoms with van der Waals surface area (Å²) in [5, 5.41) is 2.90. The fourth-order valence-corrected chi connectivity index (χ4v) is 5.05. The summed E-state index contributed by atoms with van der Waals surface area (Å²) in [6.45, 7) is 4.10. The minimum Gasteiger partial charge on any atom is -0.497 e. The Bertz CT molecular complexity index is 1090. The molecule has 0 radical (unpaired) electrons. The van der Waals surface area contributed by atoms with Crippen molar-refractivity contribution in [3.8, 4) is 5.75 Å². The molecule has 1 unspecified atom stereocenters. The van der Waals surface area contributed by atoms with E-state index in [1.165, 1.54) is 0 Å². The Balaban J connectivity index is 1.66. The maximum absolute atomic E-state index is 13.4. The zero-order chi connectivity index (χ0) is 27.5. The molecule has 1 heterocycles. The molecule has 1 aliphatic rings. The number of nitrogens with zero attached hydrogens (tertiary/aromatic N) is 1. The Labute approximate surface area is 228 Å². The zero-order valence-corrected chi connectivity index (χ0v) is 23.0. The molecular weight excluding hydrogens is 504 g/mol. The minimum absolute atomic E-state index is 0.0391. The van der Waals surface area contributed by atoms with Crippen LogP contribution in [0, 0.1) is 5.92 Å². The number of esters is 1. The summed E-state index contributed by atoms with van der Waals surface area (Å²) in [5.41, 5.74) is 1.68. The van der Waals surface area contributed by atoms with Crippen LogP contribution < -0.4 is 10.1 Å². The molecule has 0 saturated carbocycles. The number of ether oxygens (including phenoxy) is 2. The van der Waals surface area contributed by atoms with Crippen molar-refractivity contribution in [2.24, 2.45) is 5.92 Å². The van der Waals surface area contributed by atoms with Gasteiger partial charge in [-0.05, 0) is 36.1 Å². The van der Waals surface area contributed by atoms with Crippen LogP contribution in [0.1, 0.15) is 44.2 Å². The second-order valence-corrected chi connectivity index (χ2v) is 10.4. The predicted molar refractivity (Wildman–Crippen MR) is 147 cm³/mol. The lowest BCUT2D eigenvalue weighted by molar-refractivity contribution is -0.150. The van der Waals surface area contributed by atoms with Crippen molar-refractivity contribution in [3.63, 3.8) is 0 Å². The average molecular weight is 541 g/mol. The van der Waals surface area contributed by atoms with E-state index in [0.717, 1.165) is 22.9 Å². The number of likely N-dealkylation sites (tertiary alicyclic amines) is 1. The number of nitrogens with one attached hydrogen (secondary N) is 1. The minimum atomic E-state index is -0.907. The van der Waals surface area contributed by atoms with Gasteiger partial charge in [0.1, 0.15) is 24.4 Å². The monoisotopic (exact) mass is 540 g/mol. The van der Waals surface area contributed by atoms with E-state index in [4.69, 9.17) is 9.47 Å². The Morgan fingerprint density at radius 2 is 1.76 bits per heavy atom. The van der Waals surface area contributed by atoms with Crippen LogP contribution in [0.25, 0.3) is 0 Å². The quantitative estimate of drug-likeness (QED) is 0.409. The Morgan fingerprint density at radius 1 is 1.05 bits per heavy atom. The van der Waals surface area contributed by atoms with E-state index in [0.29, 0.717) is 37.3 Å². The van der Waals surface area contributed by atoms with E-state index < -0.39 is 24.0 Å². The van der Waals surface area contributed by atoms with Crippen LogP contribution in [0.4, 0.5) is 0 Å². The average Bonchev–Trinajstić information content (AvgIpc) is 3.44. The third-order valence-corrected chi connectivity index (χ3v) is 7.74. The lowest BCUT2D eigenvalue weighted by atomic mass is 10.0. The number of hydrogen-bond acceptors (Lipinski definition) is 7. The van der Waals surface area contributed by atoms with Gasteiger partial charge >= 0.3 is 5.97 Å². The van der Waals surface area contributed by atoms with Crippen LogP contribution in [0.2, 0.25) is 0 Å². The first kappa shape index (κ1) is 29.2. The van der Waals surface area contributed by atoms with Gasteiger partial charge in [-0.2, -0.15) is 0 Å². The fourth-order valence-electron chi connectivity index (χ4n) is 4.27.